The van der Waals surface area contributed by atoms with E-state index in [9.17, 15) is 14.2 Å². The maximum atomic E-state index is 13.0. The largest absolute Gasteiger partial charge is 0.454 e. The van der Waals surface area contributed by atoms with Gasteiger partial charge in [0.1, 0.15) is 0 Å². The van der Waals surface area contributed by atoms with Gasteiger partial charge in [-0.1, -0.05) is 0 Å². The number of ketones is 1. The molecule has 2 aromatic carbocycles. The van der Waals surface area contributed by atoms with Crippen molar-refractivity contribution in [2.24, 2.45) is 0 Å². The van der Waals surface area contributed by atoms with E-state index < -0.39 is 12.8 Å². The minimum absolute atomic E-state index is 0.0365. The minimum atomic E-state index is -3.38. The third-order valence-corrected chi connectivity index (χ3v) is 8.40. The number of carbonyl (C=O) groups is 2. The van der Waals surface area contributed by atoms with Gasteiger partial charge in [0.2, 0.25) is 12.7 Å². The van der Waals surface area contributed by atoms with Crippen molar-refractivity contribution in [1.82, 2.24) is 0 Å². The van der Waals surface area contributed by atoms with Crippen molar-refractivity contribution >= 4 is 42.0 Å². The lowest BCUT2D eigenvalue weighted by molar-refractivity contribution is -0.115. The van der Waals surface area contributed by atoms with Gasteiger partial charge in [-0.25, -0.2) is 0 Å². The quantitative estimate of drug-likeness (QED) is 0.602. The van der Waals surface area contributed by atoms with Gasteiger partial charge in [-0.15, -0.1) is 11.8 Å². The Hall–Kier alpha value is -2.32. The van der Waals surface area contributed by atoms with Gasteiger partial charge in [-0.2, -0.15) is 0 Å². The van der Waals surface area contributed by atoms with E-state index in [1.807, 2.05) is 0 Å². The van der Waals surface area contributed by atoms with Crippen LogP contribution in [-0.4, -0.2) is 42.7 Å². The molecule has 0 radical (unpaired) electrons. The summed E-state index contributed by atoms with van der Waals surface area (Å²) in [7, 11) is -3.38. The predicted molar refractivity (Wildman–Crippen MR) is 122 cm³/mol. The first-order valence-electron chi connectivity index (χ1n) is 10.3. The lowest BCUT2D eigenvalue weighted by Crippen LogP contribution is -2.27. The number of Topliss-reactive ketones (excluding diaryl/α,β-unsaturated/α-hetero) is 1. The highest BCUT2D eigenvalue weighted by Gasteiger charge is 2.30. The summed E-state index contributed by atoms with van der Waals surface area (Å²) in [5, 5.41) is 2.86. The molecule has 0 saturated carbocycles. The molecule has 1 N–H and O–H groups in total. The van der Waals surface area contributed by atoms with Crippen LogP contribution in [0.2, 0.25) is 0 Å². The molecule has 0 spiro atoms. The van der Waals surface area contributed by atoms with Crippen LogP contribution in [0.15, 0.2) is 36.4 Å². The van der Waals surface area contributed by atoms with Crippen molar-refractivity contribution in [2.45, 2.75) is 25.5 Å². The van der Waals surface area contributed by atoms with Crippen LogP contribution in [0.3, 0.4) is 0 Å². The molecule has 2 aromatic rings. The number of anilines is 1. The van der Waals surface area contributed by atoms with Crippen molar-refractivity contribution in [1.29, 1.82) is 0 Å². The summed E-state index contributed by atoms with van der Waals surface area (Å²) in [4.78, 5) is 25.5. The normalized spacial score (nSPS) is 17.6. The topological polar surface area (TPSA) is 100 Å². The maximum absolute atomic E-state index is 13.0. The summed E-state index contributed by atoms with van der Waals surface area (Å²) < 4.78 is 34.4. The highest BCUT2D eigenvalue weighted by Crippen LogP contribution is 2.46. The summed E-state index contributed by atoms with van der Waals surface area (Å²) in [5.41, 5.74) is 1.90. The first-order chi connectivity index (χ1) is 15.4. The van der Waals surface area contributed by atoms with Crippen molar-refractivity contribution in [3.63, 3.8) is 0 Å². The molecule has 0 fully saturated rings. The molecule has 2 aliphatic rings. The zero-order chi connectivity index (χ0) is 22.7. The number of fused-ring (bicyclic) bond motifs is 2. The van der Waals surface area contributed by atoms with Gasteiger partial charge in [0.05, 0.1) is 29.5 Å². The zero-order valence-corrected chi connectivity index (χ0v) is 19.5. The van der Waals surface area contributed by atoms with Gasteiger partial charge in [-0.3, -0.25) is 14.2 Å². The van der Waals surface area contributed by atoms with E-state index in [2.05, 4.69) is 5.32 Å². The second-order valence-corrected chi connectivity index (χ2v) is 10.4. The Labute approximate surface area is 190 Å². The number of thioether (sulfide) groups is 1. The maximum Gasteiger partial charge on any atom is 0.361 e. The molecule has 0 aromatic heterocycles. The van der Waals surface area contributed by atoms with Gasteiger partial charge in [0.15, 0.2) is 17.3 Å². The van der Waals surface area contributed by atoms with E-state index in [0.29, 0.717) is 34.5 Å². The minimum Gasteiger partial charge on any atom is -0.454 e. The number of amides is 1. The number of hydrogen-bond acceptors (Lipinski definition) is 8. The van der Waals surface area contributed by atoms with E-state index in [-0.39, 0.29) is 37.4 Å². The molecule has 2 aliphatic heterocycles. The van der Waals surface area contributed by atoms with Gasteiger partial charge < -0.3 is 23.8 Å². The smallest absolute Gasteiger partial charge is 0.361 e. The second kappa shape index (κ2) is 9.67. The number of ether oxygens (including phenoxy) is 2. The molecule has 10 heteroatoms. The number of rotatable bonds is 7. The van der Waals surface area contributed by atoms with Crippen LogP contribution in [0.5, 0.6) is 11.5 Å². The molecule has 32 heavy (non-hydrogen) atoms. The fraction of sp³-hybridized carbons (Fsp3) is 0.364. The Kier molecular flexibility index (Phi) is 6.90. The fourth-order valence-electron chi connectivity index (χ4n) is 3.57. The highest BCUT2D eigenvalue weighted by molar-refractivity contribution is 8.01. The van der Waals surface area contributed by atoms with Gasteiger partial charge in [-0.05, 0) is 62.2 Å². The molecule has 2 heterocycles. The lowest BCUT2D eigenvalue weighted by Gasteiger charge is -2.18. The summed E-state index contributed by atoms with van der Waals surface area (Å²) in [6.45, 7) is 4.15. The first kappa shape index (κ1) is 22.9. The predicted octanol–water partition coefficient (Wildman–Crippen LogP) is 3.79. The van der Waals surface area contributed by atoms with Gasteiger partial charge >= 0.3 is 7.60 Å². The lowest BCUT2D eigenvalue weighted by atomic mass is 9.99. The van der Waals surface area contributed by atoms with Crippen LogP contribution in [0.25, 0.3) is 0 Å². The number of benzene rings is 2. The Morgan fingerprint density at radius 2 is 1.78 bits per heavy atom. The third kappa shape index (κ3) is 4.71. The van der Waals surface area contributed by atoms with Crippen LogP contribution in [0.1, 0.15) is 29.8 Å². The molecule has 4 rings (SSSR count). The third-order valence-electron chi connectivity index (χ3n) is 5.06. The van der Waals surface area contributed by atoms with E-state index >= 15 is 0 Å². The van der Waals surface area contributed by atoms with Crippen molar-refractivity contribution in [3.05, 3.63) is 47.5 Å². The Balaban J connectivity index is 1.48. The molecule has 0 aliphatic carbocycles. The van der Waals surface area contributed by atoms with Crippen molar-refractivity contribution in [3.8, 4) is 11.5 Å². The number of hydrogen-bond donors (Lipinski definition) is 1. The Morgan fingerprint density at radius 3 is 2.44 bits per heavy atom. The average molecular weight is 477 g/mol. The van der Waals surface area contributed by atoms with E-state index in [0.717, 1.165) is 5.56 Å². The molecule has 0 bridgehead atoms. The molecule has 1 unspecified atom stereocenters. The Bertz CT molecular complexity index is 1060. The molecular weight excluding hydrogens is 453 g/mol. The summed E-state index contributed by atoms with van der Waals surface area (Å²) in [5.74, 6) is 1.10. The molecule has 8 nitrogen and oxygen atoms in total. The number of carbonyl (C=O) groups excluding carboxylic acids is 2. The molecule has 0 saturated heterocycles. The van der Waals surface area contributed by atoms with E-state index in [4.69, 9.17) is 18.5 Å². The SMILES string of the molecule is CCOP(=O)(OCC)c1ccc(NC(=O)C2Cc3cc4c(cc3C(=O)CS2)OCO4)cc1. The standard InChI is InChI=1S/C22H24NO7PS/c1-3-29-31(26,30-4-2)16-7-5-15(6-8-16)23-22(25)21-10-14-9-19-20(28-13-27-19)11-17(14)18(24)12-32-21/h5-9,11,21H,3-4,10,12-13H2,1-2H3,(H,23,25). The summed E-state index contributed by atoms with van der Waals surface area (Å²) in [6.07, 6.45) is 0.399. The number of nitrogens with one attached hydrogen (secondary N) is 1. The molecular formula is C22H24NO7PS. The average Bonchev–Trinajstić information content (AvgIpc) is 3.17. The van der Waals surface area contributed by atoms with Gasteiger partial charge in [0.25, 0.3) is 0 Å². The van der Waals surface area contributed by atoms with E-state index in [1.165, 1.54) is 11.8 Å². The summed E-state index contributed by atoms with van der Waals surface area (Å²) >= 11 is 1.31. The van der Waals surface area contributed by atoms with Crippen molar-refractivity contribution < 1.29 is 32.7 Å². The zero-order valence-electron chi connectivity index (χ0n) is 17.8. The van der Waals surface area contributed by atoms with Crippen LogP contribution >= 0.6 is 19.4 Å². The van der Waals surface area contributed by atoms with Crippen molar-refractivity contribution in [2.75, 3.05) is 31.1 Å². The van der Waals surface area contributed by atoms with Gasteiger partial charge in [0, 0.05) is 11.3 Å². The van der Waals surface area contributed by atoms with Crippen LogP contribution in [0.4, 0.5) is 5.69 Å². The monoisotopic (exact) mass is 477 g/mol. The molecule has 1 atom stereocenters. The molecule has 170 valence electrons. The van der Waals surface area contributed by atoms with Crippen LogP contribution in [0, 0.1) is 0 Å². The first-order valence-corrected chi connectivity index (χ1v) is 12.9. The Morgan fingerprint density at radius 1 is 1.12 bits per heavy atom. The molecule has 1 amide bonds. The van der Waals surface area contributed by atoms with E-state index in [1.54, 1.807) is 50.2 Å². The van der Waals surface area contributed by atoms with Crippen LogP contribution < -0.4 is 20.1 Å². The fourth-order valence-corrected chi connectivity index (χ4v) is 6.15. The second-order valence-electron chi connectivity index (χ2n) is 7.16. The highest BCUT2D eigenvalue weighted by atomic mass is 32.2. The summed E-state index contributed by atoms with van der Waals surface area (Å²) in [6, 6.07) is 10.1. The van der Waals surface area contributed by atoms with Crippen LogP contribution in [-0.2, 0) is 24.8 Å².